The van der Waals surface area contributed by atoms with Gasteiger partial charge in [-0.25, -0.2) is 4.98 Å². The highest BCUT2D eigenvalue weighted by atomic mass is 32.1. The summed E-state index contributed by atoms with van der Waals surface area (Å²) in [7, 11) is 3.63. The number of hydrogen-bond donors (Lipinski definition) is 2. The molecule has 1 saturated carbocycles. The molecule has 1 fully saturated rings. The number of aromatic nitrogens is 1. The van der Waals surface area contributed by atoms with Crippen LogP contribution in [0.5, 0.6) is 0 Å². The van der Waals surface area contributed by atoms with E-state index in [4.69, 9.17) is 4.74 Å². The number of nitrogens with zero attached hydrogens (tertiary/aromatic N) is 2. The largest absolute Gasteiger partial charge is 0.385 e. The van der Waals surface area contributed by atoms with E-state index < -0.39 is 0 Å². The fourth-order valence-electron chi connectivity index (χ4n) is 3.39. The summed E-state index contributed by atoms with van der Waals surface area (Å²) >= 11 is 1.75. The number of thiazole rings is 1. The molecule has 1 aliphatic rings. The summed E-state index contributed by atoms with van der Waals surface area (Å²) in [4.78, 5) is 8.97. The van der Waals surface area contributed by atoms with E-state index in [1.807, 2.05) is 7.05 Å². The van der Waals surface area contributed by atoms with Gasteiger partial charge in [-0.3, -0.25) is 4.99 Å². The van der Waals surface area contributed by atoms with Crippen molar-refractivity contribution in [3.05, 3.63) is 16.1 Å². The molecule has 0 atom stereocenters. The Kier molecular flexibility index (Phi) is 7.99. The topological polar surface area (TPSA) is 58.5 Å². The number of methoxy groups -OCH3 is 1. The van der Waals surface area contributed by atoms with Crippen LogP contribution in [0, 0.1) is 5.41 Å². The smallest absolute Gasteiger partial charge is 0.191 e. The SMILES string of the molecule is CCc1nc(CCNC(=NC)NCC2(CCOC)CCCC2)cs1. The zero-order valence-corrected chi connectivity index (χ0v) is 16.2. The molecule has 24 heavy (non-hydrogen) atoms. The van der Waals surface area contributed by atoms with Crippen LogP contribution in [0.15, 0.2) is 10.4 Å². The molecular formula is C18H32N4OS. The fourth-order valence-corrected chi connectivity index (χ4v) is 4.16. The van der Waals surface area contributed by atoms with Crippen molar-refractivity contribution in [3.8, 4) is 0 Å². The van der Waals surface area contributed by atoms with Crippen molar-refractivity contribution in [2.24, 2.45) is 10.4 Å². The van der Waals surface area contributed by atoms with Gasteiger partial charge in [0.2, 0.25) is 0 Å². The Morgan fingerprint density at radius 1 is 1.38 bits per heavy atom. The van der Waals surface area contributed by atoms with Crippen molar-refractivity contribution in [1.29, 1.82) is 0 Å². The van der Waals surface area contributed by atoms with E-state index in [9.17, 15) is 0 Å². The Labute approximate surface area is 150 Å². The average molecular weight is 353 g/mol. The molecule has 5 nitrogen and oxygen atoms in total. The predicted molar refractivity (Wildman–Crippen MR) is 102 cm³/mol. The predicted octanol–water partition coefficient (Wildman–Crippen LogP) is 3.01. The van der Waals surface area contributed by atoms with E-state index in [2.05, 4.69) is 32.9 Å². The molecule has 1 aliphatic carbocycles. The zero-order valence-electron chi connectivity index (χ0n) is 15.4. The molecule has 0 saturated heterocycles. The third-order valence-electron chi connectivity index (χ3n) is 4.93. The van der Waals surface area contributed by atoms with Crippen LogP contribution in [0.2, 0.25) is 0 Å². The van der Waals surface area contributed by atoms with Crippen LogP contribution in [-0.4, -0.2) is 44.8 Å². The summed E-state index contributed by atoms with van der Waals surface area (Å²) in [5.41, 5.74) is 1.55. The number of aryl methyl sites for hydroxylation is 1. The van der Waals surface area contributed by atoms with Crippen molar-refractivity contribution < 1.29 is 4.74 Å². The van der Waals surface area contributed by atoms with Gasteiger partial charge in [-0.1, -0.05) is 19.8 Å². The summed E-state index contributed by atoms with van der Waals surface area (Å²) in [5, 5.41) is 10.3. The Morgan fingerprint density at radius 2 is 2.17 bits per heavy atom. The second-order valence-corrected chi connectivity index (χ2v) is 7.58. The first-order valence-electron chi connectivity index (χ1n) is 9.08. The minimum atomic E-state index is 0.374. The average Bonchev–Trinajstić information content (AvgIpc) is 3.26. The van der Waals surface area contributed by atoms with Gasteiger partial charge in [-0.2, -0.15) is 0 Å². The number of nitrogens with one attached hydrogen (secondary N) is 2. The summed E-state index contributed by atoms with van der Waals surface area (Å²) < 4.78 is 5.31. The van der Waals surface area contributed by atoms with Gasteiger partial charge in [0, 0.05) is 45.7 Å². The first kappa shape index (κ1) is 19.2. The summed E-state index contributed by atoms with van der Waals surface area (Å²) in [5.74, 6) is 0.893. The number of guanidine groups is 1. The van der Waals surface area contributed by atoms with Crippen LogP contribution in [0.4, 0.5) is 0 Å². The lowest BCUT2D eigenvalue weighted by Gasteiger charge is -2.29. The molecule has 6 heteroatoms. The van der Waals surface area contributed by atoms with Crippen LogP contribution >= 0.6 is 11.3 Å². The van der Waals surface area contributed by atoms with Gasteiger partial charge in [-0.05, 0) is 31.1 Å². The molecule has 0 amide bonds. The van der Waals surface area contributed by atoms with Crippen LogP contribution < -0.4 is 10.6 Å². The molecule has 1 aromatic heterocycles. The molecule has 2 N–H and O–H groups in total. The van der Waals surface area contributed by atoms with E-state index in [1.165, 1.54) is 36.4 Å². The lowest BCUT2D eigenvalue weighted by molar-refractivity contribution is 0.138. The van der Waals surface area contributed by atoms with Crippen LogP contribution in [0.1, 0.15) is 49.7 Å². The maximum atomic E-state index is 5.31. The van der Waals surface area contributed by atoms with Gasteiger partial charge in [0.1, 0.15) is 0 Å². The molecule has 0 bridgehead atoms. The Morgan fingerprint density at radius 3 is 2.79 bits per heavy atom. The molecule has 0 radical (unpaired) electrons. The van der Waals surface area contributed by atoms with Crippen molar-refractivity contribution in [2.75, 3.05) is 33.9 Å². The molecule has 0 aromatic carbocycles. The molecule has 0 unspecified atom stereocenters. The second-order valence-electron chi connectivity index (χ2n) is 6.64. The van der Waals surface area contributed by atoms with Crippen LogP contribution in [0.25, 0.3) is 0 Å². The van der Waals surface area contributed by atoms with Gasteiger partial charge in [-0.15, -0.1) is 11.3 Å². The highest BCUT2D eigenvalue weighted by Crippen LogP contribution is 2.40. The van der Waals surface area contributed by atoms with Gasteiger partial charge < -0.3 is 15.4 Å². The number of aliphatic imine (C=N–C) groups is 1. The van der Waals surface area contributed by atoms with Crippen molar-refractivity contribution in [2.45, 2.75) is 51.9 Å². The monoisotopic (exact) mass is 352 g/mol. The first-order valence-corrected chi connectivity index (χ1v) is 9.96. The molecule has 136 valence electrons. The fraction of sp³-hybridized carbons (Fsp3) is 0.778. The summed E-state index contributed by atoms with van der Waals surface area (Å²) in [6.45, 7) is 4.83. The third-order valence-corrected chi connectivity index (χ3v) is 5.97. The quantitative estimate of drug-likeness (QED) is 0.530. The lowest BCUT2D eigenvalue weighted by Crippen LogP contribution is -2.43. The van der Waals surface area contributed by atoms with Crippen LogP contribution in [0.3, 0.4) is 0 Å². The van der Waals surface area contributed by atoms with Gasteiger partial charge in [0.15, 0.2) is 5.96 Å². The van der Waals surface area contributed by atoms with E-state index in [1.54, 1.807) is 18.4 Å². The molecule has 1 aromatic rings. The molecule has 1 heterocycles. The zero-order chi connectivity index (χ0) is 17.3. The van der Waals surface area contributed by atoms with Crippen LogP contribution in [-0.2, 0) is 17.6 Å². The Balaban J connectivity index is 1.75. The van der Waals surface area contributed by atoms with Crippen molar-refractivity contribution >= 4 is 17.3 Å². The summed E-state index contributed by atoms with van der Waals surface area (Å²) in [6, 6.07) is 0. The van der Waals surface area contributed by atoms with Crippen molar-refractivity contribution in [1.82, 2.24) is 15.6 Å². The van der Waals surface area contributed by atoms with E-state index >= 15 is 0 Å². The van der Waals surface area contributed by atoms with Crippen molar-refractivity contribution in [3.63, 3.8) is 0 Å². The number of rotatable bonds is 9. The van der Waals surface area contributed by atoms with E-state index in [-0.39, 0.29) is 0 Å². The number of hydrogen-bond acceptors (Lipinski definition) is 4. The number of ether oxygens (including phenoxy) is 1. The second kappa shape index (κ2) is 9.99. The molecule has 0 spiro atoms. The third kappa shape index (κ3) is 5.74. The maximum Gasteiger partial charge on any atom is 0.191 e. The maximum absolute atomic E-state index is 5.31. The summed E-state index contributed by atoms with van der Waals surface area (Å²) in [6.07, 6.45) is 8.34. The van der Waals surface area contributed by atoms with Gasteiger partial charge >= 0.3 is 0 Å². The molecule has 2 rings (SSSR count). The Hall–Kier alpha value is -1.14. The highest BCUT2D eigenvalue weighted by molar-refractivity contribution is 7.09. The minimum absolute atomic E-state index is 0.374. The van der Waals surface area contributed by atoms with E-state index in [0.29, 0.717) is 5.41 Å². The molecule has 0 aliphatic heterocycles. The Bertz CT molecular complexity index is 509. The molecular weight excluding hydrogens is 320 g/mol. The van der Waals surface area contributed by atoms with Gasteiger partial charge in [0.25, 0.3) is 0 Å². The van der Waals surface area contributed by atoms with E-state index in [0.717, 1.165) is 44.9 Å². The van der Waals surface area contributed by atoms with Gasteiger partial charge in [0.05, 0.1) is 10.7 Å². The first-order chi connectivity index (χ1) is 11.7. The lowest BCUT2D eigenvalue weighted by atomic mass is 9.83. The highest BCUT2D eigenvalue weighted by Gasteiger charge is 2.33. The normalized spacial score (nSPS) is 17.2. The minimum Gasteiger partial charge on any atom is -0.385 e. The standard InChI is InChI=1S/C18H32N4OS/c1-4-16-22-15(13-24-16)7-11-20-17(19-2)21-14-18(10-12-23-3)8-5-6-9-18/h13H,4-12,14H2,1-3H3,(H2,19,20,21).